The van der Waals surface area contributed by atoms with E-state index >= 15 is 0 Å². The molecule has 0 amide bonds. The number of H-pyrrole nitrogens is 1. The van der Waals surface area contributed by atoms with Crippen molar-refractivity contribution < 1.29 is 0 Å². The van der Waals surface area contributed by atoms with Gasteiger partial charge in [0.15, 0.2) is 0 Å². The summed E-state index contributed by atoms with van der Waals surface area (Å²) in [6, 6.07) is 2.07. The molecule has 0 aliphatic carbocycles. The molecule has 0 spiro atoms. The van der Waals surface area contributed by atoms with Crippen molar-refractivity contribution in [3.63, 3.8) is 0 Å². The molecule has 0 bridgehead atoms. The first kappa shape index (κ1) is 7.31. The normalized spacial score (nSPS) is 10.1. The molecule has 0 saturated heterocycles. The second-order valence-corrected chi connectivity index (χ2v) is 2.17. The lowest BCUT2D eigenvalue weighted by Crippen LogP contribution is -2.24. The summed E-state index contributed by atoms with van der Waals surface area (Å²) in [5.41, 5.74) is 6.57. The molecule has 1 heterocycles. The average molecular weight is 139 g/mol. The minimum atomic E-state index is 0.560. The number of aromatic amines is 1. The van der Waals surface area contributed by atoms with E-state index in [-0.39, 0.29) is 0 Å². The lowest BCUT2D eigenvalue weighted by atomic mass is 10.2. The molecule has 3 heteroatoms. The number of rotatable bonds is 4. The zero-order valence-corrected chi connectivity index (χ0v) is 5.93. The van der Waals surface area contributed by atoms with Crippen molar-refractivity contribution in [2.24, 2.45) is 5.73 Å². The SMILES string of the molecule is NCNCCc1cc[nH]c1. The van der Waals surface area contributed by atoms with Crippen molar-refractivity contribution >= 4 is 0 Å². The second kappa shape index (κ2) is 4.09. The summed E-state index contributed by atoms with van der Waals surface area (Å²) >= 11 is 0. The molecule has 4 N–H and O–H groups in total. The fourth-order valence-electron chi connectivity index (χ4n) is 0.849. The fourth-order valence-corrected chi connectivity index (χ4v) is 0.849. The molecule has 0 fully saturated rings. The summed E-state index contributed by atoms with van der Waals surface area (Å²) in [7, 11) is 0. The molecular formula is C7H13N3. The van der Waals surface area contributed by atoms with E-state index in [2.05, 4.69) is 16.4 Å². The first-order chi connectivity index (χ1) is 4.93. The highest BCUT2D eigenvalue weighted by molar-refractivity contribution is 5.08. The summed E-state index contributed by atoms with van der Waals surface area (Å²) in [5, 5.41) is 3.05. The minimum Gasteiger partial charge on any atom is -0.367 e. The van der Waals surface area contributed by atoms with Crippen LogP contribution in [0.3, 0.4) is 0 Å². The van der Waals surface area contributed by atoms with E-state index in [1.165, 1.54) is 5.56 Å². The Morgan fingerprint density at radius 2 is 2.50 bits per heavy atom. The Balaban J connectivity index is 2.15. The molecule has 0 aromatic carbocycles. The predicted molar refractivity (Wildman–Crippen MR) is 41.6 cm³/mol. The van der Waals surface area contributed by atoms with Crippen LogP contribution in [0.5, 0.6) is 0 Å². The second-order valence-electron chi connectivity index (χ2n) is 2.17. The van der Waals surface area contributed by atoms with Gasteiger partial charge < -0.3 is 16.0 Å². The third-order valence-electron chi connectivity index (χ3n) is 1.40. The summed E-state index contributed by atoms with van der Waals surface area (Å²) in [5.74, 6) is 0. The number of aromatic nitrogens is 1. The van der Waals surface area contributed by atoms with Crippen LogP contribution in [0.2, 0.25) is 0 Å². The minimum absolute atomic E-state index is 0.560. The van der Waals surface area contributed by atoms with E-state index in [9.17, 15) is 0 Å². The highest BCUT2D eigenvalue weighted by Crippen LogP contribution is 1.95. The van der Waals surface area contributed by atoms with Crippen LogP contribution in [0.15, 0.2) is 18.5 Å². The van der Waals surface area contributed by atoms with Gasteiger partial charge in [0.25, 0.3) is 0 Å². The summed E-state index contributed by atoms with van der Waals surface area (Å²) in [6.45, 7) is 1.51. The van der Waals surface area contributed by atoms with E-state index in [1.807, 2.05) is 12.4 Å². The predicted octanol–water partition coefficient (Wildman–Crippen LogP) is 0.0630. The molecule has 0 aliphatic heterocycles. The van der Waals surface area contributed by atoms with Gasteiger partial charge in [0.1, 0.15) is 0 Å². The van der Waals surface area contributed by atoms with E-state index in [1.54, 1.807) is 0 Å². The lowest BCUT2D eigenvalue weighted by molar-refractivity contribution is 0.701. The van der Waals surface area contributed by atoms with Crippen LogP contribution in [0.1, 0.15) is 5.56 Å². The Hall–Kier alpha value is -0.800. The fraction of sp³-hybridized carbons (Fsp3) is 0.429. The van der Waals surface area contributed by atoms with Gasteiger partial charge in [-0.15, -0.1) is 0 Å². The van der Waals surface area contributed by atoms with Gasteiger partial charge in [-0.3, -0.25) is 0 Å². The molecule has 3 nitrogen and oxygen atoms in total. The van der Waals surface area contributed by atoms with Gasteiger partial charge in [0.2, 0.25) is 0 Å². The zero-order chi connectivity index (χ0) is 7.23. The molecule has 1 rings (SSSR count). The van der Waals surface area contributed by atoms with Crippen LogP contribution in [0, 0.1) is 0 Å². The van der Waals surface area contributed by atoms with E-state index in [0.29, 0.717) is 6.67 Å². The van der Waals surface area contributed by atoms with Crippen LogP contribution < -0.4 is 11.1 Å². The highest BCUT2D eigenvalue weighted by atomic mass is 14.9. The maximum Gasteiger partial charge on any atom is 0.0428 e. The zero-order valence-electron chi connectivity index (χ0n) is 5.93. The maximum absolute atomic E-state index is 5.25. The quantitative estimate of drug-likeness (QED) is 0.408. The van der Waals surface area contributed by atoms with Gasteiger partial charge in [0, 0.05) is 25.6 Å². The molecule has 1 aromatic rings. The number of hydrogen-bond acceptors (Lipinski definition) is 2. The number of hydrogen-bond donors (Lipinski definition) is 3. The van der Waals surface area contributed by atoms with E-state index < -0.39 is 0 Å². The van der Waals surface area contributed by atoms with Crippen molar-refractivity contribution in [2.45, 2.75) is 6.42 Å². The molecule has 1 aromatic heterocycles. The van der Waals surface area contributed by atoms with Crippen molar-refractivity contribution in [3.8, 4) is 0 Å². The van der Waals surface area contributed by atoms with Crippen molar-refractivity contribution in [3.05, 3.63) is 24.0 Å². The third-order valence-corrected chi connectivity index (χ3v) is 1.40. The van der Waals surface area contributed by atoms with Crippen molar-refractivity contribution in [1.82, 2.24) is 10.3 Å². The topological polar surface area (TPSA) is 53.8 Å². The van der Waals surface area contributed by atoms with Gasteiger partial charge in [-0.25, -0.2) is 0 Å². The van der Waals surface area contributed by atoms with Crippen molar-refractivity contribution in [1.29, 1.82) is 0 Å². The molecule has 56 valence electrons. The maximum atomic E-state index is 5.25. The smallest absolute Gasteiger partial charge is 0.0428 e. The van der Waals surface area contributed by atoms with Crippen LogP contribution in [-0.4, -0.2) is 18.2 Å². The van der Waals surface area contributed by atoms with Gasteiger partial charge in [0.05, 0.1) is 0 Å². The Morgan fingerprint density at radius 3 is 3.10 bits per heavy atom. The lowest BCUT2D eigenvalue weighted by Gasteiger charge is -1.97. The summed E-state index contributed by atoms with van der Waals surface area (Å²) in [6.07, 6.45) is 4.97. The van der Waals surface area contributed by atoms with Crippen LogP contribution >= 0.6 is 0 Å². The van der Waals surface area contributed by atoms with Crippen LogP contribution in [-0.2, 0) is 6.42 Å². The molecule has 0 atom stereocenters. The summed E-state index contributed by atoms with van der Waals surface area (Å²) < 4.78 is 0. The first-order valence-corrected chi connectivity index (χ1v) is 3.46. The molecule has 0 saturated carbocycles. The molecule has 0 radical (unpaired) electrons. The molecule has 0 aliphatic rings. The summed E-state index contributed by atoms with van der Waals surface area (Å²) in [4.78, 5) is 3.00. The van der Waals surface area contributed by atoms with E-state index in [0.717, 1.165) is 13.0 Å². The number of nitrogens with one attached hydrogen (secondary N) is 2. The Kier molecular flexibility index (Phi) is 2.99. The Bertz CT molecular complexity index is 157. The molecular weight excluding hydrogens is 126 g/mol. The van der Waals surface area contributed by atoms with Gasteiger partial charge in [-0.05, 0) is 18.1 Å². The van der Waals surface area contributed by atoms with Crippen molar-refractivity contribution in [2.75, 3.05) is 13.2 Å². The third kappa shape index (κ3) is 2.21. The van der Waals surface area contributed by atoms with Gasteiger partial charge in [-0.1, -0.05) is 0 Å². The molecule has 0 unspecified atom stereocenters. The van der Waals surface area contributed by atoms with E-state index in [4.69, 9.17) is 5.73 Å². The largest absolute Gasteiger partial charge is 0.367 e. The molecule has 10 heavy (non-hydrogen) atoms. The average Bonchev–Trinajstić information content (AvgIpc) is 2.41. The van der Waals surface area contributed by atoms with Crippen LogP contribution in [0.4, 0.5) is 0 Å². The number of nitrogens with two attached hydrogens (primary N) is 1. The standard InChI is InChI=1S/C7H13N3/c8-6-10-4-2-7-1-3-9-5-7/h1,3,5,9-10H,2,4,6,8H2. The van der Waals surface area contributed by atoms with Crippen LogP contribution in [0.25, 0.3) is 0 Å². The monoisotopic (exact) mass is 139 g/mol. The van der Waals surface area contributed by atoms with Gasteiger partial charge in [-0.2, -0.15) is 0 Å². The first-order valence-electron chi connectivity index (χ1n) is 3.46. The highest BCUT2D eigenvalue weighted by Gasteiger charge is 1.89. The Morgan fingerprint density at radius 1 is 1.60 bits per heavy atom. The Labute approximate surface area is 60.6 Å². The van der Waals surface area contributed by atoms with Gasteiger partial charge >= 0.3 is 0 Å².